The Balaban J connectivity index is 1.08. The summed E-state index contributed by atoms with van der Waals surface area (Å²) in [5, 5.41) is 4.38. The van der Waals surface area contributed by atoms with Gasteiger partial charge in [0.05, 0.1) is 11.4 Å². The topological polar surface area (TPSA) is 18.5 Å². The molecule has 10 aromatic carbocycles. The van der Waals surface area contributed by atoms with Crippen LogP contribution in [0.3, 0.4) is 0 Å². The van der Waals surface area contributed by atoms with Crippen molar-refractivity contribution in [3.63, 3.8) is 0 Å². The summed E-state index contributed by atoms with van der Waals surface area (Å²) in [5.41, 5.74) is 33.8. The lowest BCUT2D eigenvalue weighted by Crippen LogP contribution is -2.45. The van der Waals surface area contributed by atoms with Crippen molar-refractivity contribution in [2.45, 2.75) is 111 Å². The minimum atomic E-state index is -0.206. The highest BCUT2D eigenvalue weighted by Gasteiger charge is 2.44. The van der Waals surface area contributed by atoms with Crippen molar-refractivity contribution in [3.8, 4) is 44.5 Å². The van der Waals surface area contributed by atoms with Gasteiger partial charge in [0.15, 0.2) is 7.28 Å². The van der Waals surface area contributed by atoms with Crippen molar-refractivity contribution >= 4 is 63.7 Å². The van der Waals surface area contributed by atoms with Gasteiger partial charge in [0.1, 0.15) is 0 Å². The minimum Gasteiger partial charge on any atom is -0.354 e. The Morgan fingerprint density at radius 2 is 0.988 bits per heavy atom. The Morgan fingerprint density at radius 3 is 1.63 bits per heavy atom. The molecule has 1 N–H and O–H groups in total. The average Bonchev–Trinajstić information content (AvgIpc) is 3.97. The molecule has 0 bridgehead atoms. The Morgan fingerprint density at radius 1 is 0.420 bits per heavy atom. The highest BCUT2D eigenvalue weighted by atomic mass is 15.2. The summed E-state index contributed by atoms with van der Waals surface area (Å²) in [6, 6.07) is 76.2. The van der Waals surface area contributed by atoms with Crippen LogP contribution in [0.5, 0.6) is 0 Å². The summed E-state index contributed by atoms with van der Waals surface area (Å²) in [6.07, 6.45) is 2.33. The zero-order valence-corrected chi connectivity index (χ0v) is 49.1. The molecule has 0 radical (unpaired) electrons. The Kier molecular flexibility index (Phi) is 11.5. The average molecular weight is 1050 g/mol. The number of anilines is 8. The molecule has 0 atom stereocenters. The number of para-hydroxylation sites is 2. The first kappa shape index (κ1) is 50.9. The molecular weight excluding hydrogens is 978 g/mol. The van der Waals surface area contributed by atoms with Crippen molar-refractivity contribution in [2.75, 3.05) is 15.1 Å². The quantitative estimate of drug-likeness (QED) is 0.153. The Hall–Kier alpha value is -8.34. The van der Waals surface area contributed by atoms with E-state index in [0.29, 0.717) is 0 Å². The third kappa shape index (κ3) is 7.91. The molecule has 0 spiro atoms. The number of hydrogen-bond acceptors (Lipinski definition) is 3. The van der Waals surface area contributed by atoms with Gasteiger partial charge in [-0.1, -0.05) is 213 Å². The van der Waals surface area contributed by atoms with E-state index in [0.717, 1.165) is 30.8 Å². The molecule has 2 aliphatic heterocycles. The fraction of sp³-hybridized carbons (Fsp3) is 0.221. The molecule has 10 aromatic rings. The Bertz CT molecular complexity index is 4130. The van der Waals surface area contributed by atoms with Gasteiger partial charge in [-0.3, -0.25) is 0 Å². The maximum Gasteiger partial charge on any atom is 0.198 e. The molecule has 2 aliphatic carbocycles. The predicted octanol–water partition coefficient (Wildman–Crippen LogP) is 19.3. The van der Waals surface area contributed by atoms with Crippen molar-refractivity contribution in [3.05, 3.63) is 250 Å². The molecule has 2 heterocycles. The van der Waals surface area contributed by atoms with Gasteiger partial charge in [0, 0.05) is 56.1 Å². The van der Waals surface area contributed by atoms with Crippen LogP contribution in [0, 0.1) is 20.8 Å². The number of nitrogens with one attached hydrogen (secondary N) is 1. The summed E-state index contributed by atoms with van der Waals surface area (Å²) in [7, 11) is 0.790. The normalized spacial score (nSPS) is 16.0. The van der Waals surface area contributed by atoms with Crippen LogP contribution in [0.25, 0.3) is 44.5 Å². The van der Waals surface area contributed by atoms with E-state index in [1.54, 1.807) is 0 Å². The van der Waals surface area contributed by atoms with Gasteiger partial charge in [0.25, 0.3) is 0 Å². The first-order valence-corrected chi connectivity index (χ1v) is 29.4. The molecule has 81 heavy (non-hydrogen) atoms. The lowest BCUT2D eigenvalue weighted by Gasteiger charge is -2.46. The number of nitrogens with zero attached hydrogens (tertiary/aromatic N) is 2. The van der Waals surface area contributed by atoms with Gasteiger partial charge in [-0.2, -0.15) is 0 Å². The number of rotatable bonds is 8. The molecule has 14 rings (SSSR count). The summed E-state index contributed by atoms with van der Waals surface area (Å²) in [4.78, 5) is 5.21. The maximum absolute atomic E-state index is 4.38. The van der Waals surface area contributed by atoms with E-state index >= 15 is 0 Å². The molecule has 4 aliphatic rings. The third-order valence-electron chi connectivity index (χ3n) is 19.5. The highest BCUT2D eigenvalue weighted by molar-refractivity contribution is 6.73. The van der Waals surface area contributed by atoms with Gasteiger partial charge in [0.2, 0.25) is 0 Å². The SMILES string of the molecule is Cc1cc2c(cc1Nc1c(-c3cc(N(c4ccc(-c5ccccc5)cc4C)c4ccc(-c5ccccc5)cc4C)cc4c3Bc3cccc5c3N4c3ccccc3C5(C)C)ccc3c1-c1ccccc1C3(C)C)C(C)(C)CCC2(C)C. The molecule has 398 valence electrons. The fourth-order valence-electron chi connectivity index (χ4n) is 14.8. The zero-order valence-electron chi connectivity index (χ0n) is 49.1. The second-order valence-corrected chi connectivity index (χ2v) is 26.2. The lowest BCUT2D eigenvalue weighted by atomic mass is 9.56. The van der Waals surface area contributed by atoms with Gasteiger partial charge < -0.3 is 15.1 Å². The summed E-state index contributed by atoms with van der Waals surface area (Å²) in [6.45, 7) is 26.3. The van der Waals surface area contributed by atoms with Crippen LogP contribution in [0.4, 0.5) is 45.5 Å². The molecule has 4 heteroatoms. The van der Waals surface area contributed by atoms with E-state index < -0.39 is 0 Å². The van der Waals surface area contributed by atoms with E-state index in [-0.39, 0.29) is 21.7 Å². The zero-order chi connectivity index (χ0) is 55.9. The van der Waals surface area contributed by atoms with E-state index in [9.17, 15) is 0 Å². The van der Waals surface area contributed by atoms with Crippen molar-refractivity contribution < 1.29 is 0 Å². The Labute approximate surface area is 481 Å². The number of benzene rings is 10. The highest BCUT2D eigenvalue weighted by Crippen LogP contribution is 2.58. The van der Waals surface area contributed by atoms with E-state index in [1.165, 1.54) is 140 Å². The molecule has 3 nitrogen and oxygen atoms in total. The monoisotopic (exact) mass is 1050 g/mol. The summed E-state index contributed by atoms with van der Waals surface area (Å²) in [5.74, 6) is 0. The first-order valence-electron chi connectivity index (χ1n) is 29.4. The summed E-state index contributed by atoms with van der Waals surface area (Å²) >= 11 is 0. The number of hydrogen-bond donors (Lipinski definition) is 1. The van der Waals surface area contributed by atoms with Crippen LogP contribution >= 0.6 is 0 Å². The van der Waals surface area contributed by atoms with Gasteiger partial charge in [-0.15, -0.1) is 0 Å². The number of fused-ring (bicyclic) bond motifs is 8. The van der Waals surface area contributed by atoms with Crippen LogP contribution in [0.1, 0.15) is 118 Å². The maximum atomic E-state index is 4.38. The van der Waals surface area contributed by atoms with Crippen LogP contribution in [-0.4, -0.2) is 7.28 Å². The van der Waals surface area contributed by atoms with Crippen molar-refractivity contribution in [1.82, 2.24) is 0 Å². The standard InChI is InChI=1S/C77H72BN3/c1-47-43-62-63(75(6,7)40-39-74(62,4)5)46-65(47)79-72-55(35-36-60-70(72)56-27-18-19-28-58(56)76(60,8)9)57-44-54(45-69-71(57)78-64-31-22-30-61-73(64)81(69)68-32-21-20-29-59(68)77(61,10)11)80(66-37-33-52(41-48(66)2)50-23-14-12-15-24-50)67-38-34-53(42-49(67)3)51-25-16-13-17-26-51/h12-38,41-46,78-79H,39-40H2,1-11H3. The molecule has 0 fully saturated rings. The van der Waals surface area contributed by atoms with E-state index in [1.807, 2.05) is 0 Å². The summed E-state index contributed by atoms with van der Waals surface area (Å²) < 4.78 is 0. The largest absolute Gasteiger partial charge is 0.354 e. The van der Waals surface area contributed by atoms with Gasteiger partial charge >= 0.3 is 0 Å². The second kappa shape index (κ2) is 18.3. The molecule has 0 saturated heterocycles. The molecule has 0 saturated carbocycles. The molecule has 0 unspecified atom stereocenters. The smallest absolute Gasteiger partial charge is 0.198 e. The van der Waals surface area contributed by atoms with Gasteiger partial charge in [-0.05, 0) is 182 Å². The molecule has 0 amide bonds. The fourth-order valence-corrected chi connectivity index (χ4v) is 14.8. The first-order chi connectivity index (χ1) is 38.9. The lowest BCUT2D eigenvalue weighted by molar-refractivity contribution is 0.332. The predicted molar refractivity (Wildman–Crippen MR) is 347 cm³/mol. The second-order valence-electron chi connectivity index (χ2n) is 26.2. The van der Waals surface area contributed by atoms with Crippen LogP contribution in [0.15, 0.2) is 200 Å². The van der Waals surface area contributed by atoms with Crippen LogP contribution < -0.4 is 26.0 Å². The van der Waals surface area contributed by atoms with Crippen LogP contribution in [0.2, 0.25) is 0 Å². The number of aryl methyl sites for hydroxylation is 3. The third-order valence-corrected chi connectivity index (χ3v) is 19.5. The van der Waals surface area contributed by atoms with Crippen LogP contribution in [-0.2, 0) is 21.7 Å². The van der Waals surface area contributed by atoms with E-state index in [2.05, 4.69) is 291 Å². The van der Waals surface area contributed by atoms with E-state index in [4.69, 9.17) is 0 Å². The van der Waals surface area contributed by atoms with Crippen molar-refractivity contribution in [1.29, 1.82) is 0 Å². The van der Waals surface area contributed by atoms with Crippen molar-refractivity contribution in [2.24, 2.45) is 0 Å². The molecular formula is C77H72BN3. The minimum absolute atomic E-state index is 0.0440. The molecule has 0 aromatic heterocycles. The van der Waals surface area contributed by atoms with Gasteiger partial charge in [-0.25, -0.2) is 0 Å².